The lowest BCUT2D eigenvalue weighted by atomic mass is 9.86. The topological polar surface area (TPSA) is 91.1 Å². The maximum Gasteiger partial charge on any atom is 0.410 e. The lowest BCUT2D eigenvalue weighted by molar-refractivity contribution is 0.00640. The number of ether oxygens (including phenoxy) is 3. The third-order valence-corrected chi connectivity index (χ3v) is 4.98. The van der Waals surface area contributed by atoms with Gasteiger partial charge in [0.1, 0.15) is 28.4 Å². The van der Waals surface area contributed by atoms with Crippen molar-refractivity contribution < 1.29 is 28.2 Å². The summed E-state index contributed by atoms with van der Waals surface area (Å²) < 4.78 is 31.8. The van der Waals surface area contributed by atoms with Gasteiger partial charge >= 0.3 is 12.1 Å². The minimum atomic E-state index is -0.748. The van der Waals surface area contributed by atoms with Crippen molar-refractivity contribution in [3.05, 3.63) is 29.1 Å². The van der Waals surface area contributed by atoms with Crippen molar-refractivity contribution >= 4 is 12.1 Å². The molecule has 1 fully saturated rings. The molecule has 1 amide bonds. The molecule has 30 heavy (non-hydrogen) atoms. The number of halogens is 1. The van der Waals surface area contributed by atoms with Crippen LogP contribution in [0.4, 0.5) is 9.18 Å². The second-order valence-electron chi connectivity index (χ2n) is 10.1. The molecule has 0 saturated carbocycles. The SMILES string of the molecule is CC(C)(C)OC(=O)c1cc(F)c2c(c1)OC1(CCN(C(=O)OC(C)(C)C)C1)CC2N. The molecule has 0 aliphatic carbocycles. The quantitative estimate of drug-likeness (QED) is 0.690. The Morgan fingerprint density at radius 1 is 1.17 bits per heavy atom. The Morgan fingerprint density at radius 3 is 2.40 bits per heavy atom. The van der Waals surface area contributed by atoms with E-state index in [1.807, 2.05) is 0 Å². The summed E-state index contributed by atoms with van der Waals surface area (Å²) in [7, 11) is 0. The molecule has 0 aromatic heterocycles. The number of hydrogen-bond donors (Lipinski definition) is 1. The number of amides is 1. The van der Waals surface area contributed by atoms with E-state index in [2.05, 4.69) is 0 Å². The van der Waals surface area contributed by atoms with Gasteiger partial charge in [0.2, 0.25) is 0 Å². The molecule has 2 atom stereocenters. The molecule has 0 radical (unpaired) electrons. The molecule has 1 saturated heterocycles. The van der Waals surface area contributed by atoms with Crippen molar-refractivity contribution in [1.82, 2.24) is 4.90 Å². The van der Waals surface area contributed by atoms with Gasteiger partial charge in [-0.2, -0.15) is 0 Å². The van der Waals surface area contributed by atoms with Crippen molar-refractivity contribution in [3.63, 3.8) is 0 Å². The van der Waals surface area contributed by atoms with Crippen LogP contribution in [0.25, 0.3) is 0 Å². The zero-order valence-electron chi connectivity index (χ0n) is 18.5. The summed E-state index contributed by atoms with van der Waals surface area (Å²) in [5, 5.41) is 0. The highest BCUT2D eigenvalue weighted by atomic mass is 19.1. The predicted octanol–water partition coefficient (Wildman–Crippen LogP) is 3.94. The summed E-state index contributed by atoms with van der Waals surface area (Å²) >= 11 is 0. The molecular formula is C22H31FN2O5. The van der Waals surface area contributed by atoms with Gasteiger partial charge in [-0.25, -0.2) is 14.0 Å². The number of fused-ring (bicyclic) bond motifs is 1. The first-order valence-corrected chi connectivity index (χ1v) is 10.2. The first kappa shape index (κ1) is 22.3. The Morgan fingerprint density at radius 2 is 1.80 bits per heavy atom. The Kier molecular flexibility index (Phi) is 5.52. The summed E-state index contributed by atoms with van der Waals surface area (Å²) in [5.74, 6) is -1.01. The van der Waals surface area contributed by atoms with E-state index in [-0.39, 0.29) is 23.4 Å². The van der Waals surface area contributed by atoms with Crippen LogP contribution in [-0.4, -0.2) is 46.9 Å². The van der Waals surface area contributed by atoms with E-state index in [9.17, 15) is 14.0 Å². The number of carbonyl (C=O) groups is 2. The van der Waals surface area contributed by atoms with Gasteiger partial charge in [0.05, 0.1) is 12.1 Å². The Bertz CT molecular complexity index is 858. The summed E-state index contributed by atoms with van der Waals surface area (Å²) in [5.41, 5.74) is 4.53. The zero-order valence-corrected chi connectivity index (χ0v) is 18.5. The highest BCUT2D eigenvalue weighted by Crippen LogP contribution is 2.44. The maximum atomic E-state index is 14.8. The highest BCUT2D eigenvalue weighted by molar-refractivity contribution is 5.90. The molecule has 1 aromatic carbocycles. The Labute approximate surface area is 176 Å². The van der Waals surface area contributed by atoms with E-state index in [1.54, 1.807) is 46.4 Å². The molecule has 2 aliphatic heterocycles. The third-order valence-electron chi connectivity index (χ3n) is 4.98. The van der Waals surface area contributed by atoms with Crippen molar-refractivity contribution in [3.8, 4) is 5.75 Å². The lowest BCUT2D eigenvalue weighted by Gasteiger charge is -2.39. The van der Waals surface area contributed by atoms with Crippen LogP contribution in [-0.2, 0) is 9.47 Å². The first-order valence-electron chi connectivity index (χ1n) is 10.2. The fourth-order valence-electron chi connectivity index (χ4n) is 3.85. The first-order chi connectivity index (χ1) is 13.7. The van der Waals surface area contributed by atoms with Gasteiger partial charge in [-0.05, 0) is 53.7 Å². The number of likely N-dealkylation sites (tertiary alicyclic amines) is 1. The van der Waals surface area contributed by atoms with Gasteiger partial charge in [0.15, 0.2) is 0 Å². The van der Waals surface area contributed by atoms with Gasteiger partial charge in [-0.3, -0.25) is 0 Å². The van der Waals surface area contributed by atoms with Crippen LogP contribution in [0.15, 0.2) is 12.1 Å². The van der Waals surface area contributed by atoms with Crippen molar-refractivity contribution in [2.75, 3.05) is 13.1 Å². The summed E-state index contributed by atoms with van der Waals surface area (Å²) in [6.07, 6.45) is 0.482. The van der Waals surface area contributed by atoms with Crippen LogP contribution in [0.1, 0.15) is 76.3 Å². The van der Waals surface area contributed by atoms with E-state index in [1.165, 1.54) is 6.07 Å². The molecule has 2 heterocycles. The van der Waals surface area contributed by atoms with E-state index in [0.717, 1.165) is 6.07 Å². The van der Waals surface area contributed by atoms with Crippen LogP contribution >= 0.6 is 0 Å². The van der Waals surface area contributed by atoms with Crippen LogP contribution in [0.3, 0.4) is 0 Å². The number of benzene rings is 1. The Hall–Kier alpha value is -2.35. The average molecular weight is 422 g/mol. The molecule has 0 bridgehead atoms. The molecule has 166 valence electrons. The molecule has 1 spiro atoms. The smallest absolute Gasteiger partial charge is 0.410 e. The molecular weight excluding hydrogens is 391 g/mol. The van der Waals surface area contributed by atoms with E-state index < -0.39 is 40.7 Å². The minimum Gasteiger partial charge on any atom is -0.485 e. The molecule has 2 unspecified atom stereocenters. The third kappa shape index (κ3) is 4.86. The number of carbonyl (C=O) groups excluding carboxylic acids is 2. The van der Waals surface area contributed by atoms with Gasteiger partial charge in [-0.15, -0.1) is 0 Å². The summed E-state index contributed by atoms with van der Waals surface area (Å²) in [4.78, 5) is 26.4. The fraction of sp³-hybridized carbons (Fsp3) is 0.636. The molecule has 7 nitrogen and oxygen atoms in total. The average Bonchev–Trinajstić information content (AvgIpc) is 2.94. The van der Waals surface area contributed by atoms with E-state index >= 15 is 0 Å². The van der Waals surface area contributed by atoms with E-state index in [0.29, 0.717) is 19.4 Å². The number of nitrogens with zero attached hydrogens (tertiary/aromatic N) is 1. The summed E-state index contributed by atoms with van der Waals surface area (Å²) in [6, 6.07) is 2.00. The number of nitrogens with two attached hydrogens (primary N) is 1. The van der Waals surface area contributed by atoms with Crippen LogP contribution in [0.2, 0.25) is 0 Å². The second-order valence-corrected chi connectivity index (χ2v) is 10.1. The van der Waals surface area contributed by atoms with Gasteiger partial charge < -0.3 is 24.8 Å². The zero-order chi connectivity index (χ0) is 22.5. The Balaban J connectivity index is 1.84. The second kappa shape index (κ2) is 7.41. The van der Waals surface area contributed by atoms with Crippen molar-refractivity contribution in [1.29, 1.82) is 0 Å². The van der Waals surface area contributed by atoms with Gasteiger partial charge in [0, 0.05) is 31.0 Å². The van der Waals surface area contributed by atoms with Crippen LogP contribution in [0, 0.1) is 5.82 Å². The largest absolute Gasteiger partial charge is 0.485 e. The number of rotatable bonds is 1. The molecule has 3 rings (SSSR count). The number of hydrogen-bond acceptors (Lipinski definition) is 6. The fourth-order valence-corrected chi connectivity index (χ4v) is 3.85. The van der Waals surface area contributed by atoms with E-state index in [4.69, 9.17) is 19.9 Å². The number of esters is 1. The molecule has 8 heteroatoms. The normalized spacial score (nSPS) is 23.7. The molecule has 1 aromatic rings. The van der Waals surface area contributed by atoms with Crippen molar-refractivity contribution in [2.45, 2.75) is 77.2 Å². The maximum absolute atomic E-state index is 14.8. The summed E-state index contributed by atoms with van der Waals surface area (Å²) in [6.45, 7) is 11.4. The molecule has 2 aliphatic rings. The van der Waals surface area contributed by atoms with Gasteiger partial charge in [-0.1, -0.05) is 0 Å². The lowest BCUT2D eigenvalue weighted by Crippen LogP contribution is -2.47. The minimum absolute atomic E-state index is 0.0624. The monoisotopic (exact) mass is 422 g/mol. The van der Waals surface area contributed by atoms with Crippen LogP contribution in [0.5, 0.6) is 5.75 Å². The van der Waals surface area contributed by atoms with Gasteiger partial charge in [0.25, 0.3) is 0 Å². The highest BCUT2D eigenvalue weighted by Gasteiger charge is 2.48. The van der Waals surface area contributed by atoms with Crippen molar-refractivity contribution in [2.24, 2.45) is 5.73 Å². The molecule has 2 N–H and O–H groups in total. The van der Waals surface area contributed by atoms with Crippen LogP contribution < -0.4 is 10.5 Å². The predicted molar refractivity (Wildman–Crippen MR) is 109 cm³/mol. The standard InChI is InChI=1S/C22H31FN2O5/c1-20(2,3)29-18(26)13-9-14(23)17-15(24)11-22(28-16(17)10-13)7-8-25(12-22)19(27)30-21(4,5)6/h9-10,15H,7-8,11-12,24H2,1-6H3.